The molecule has 1 aliphatic rings. The van der Waals surface area contributed by atoms with Crippen LogP contribution in [-0.4, -0.2) is 50.0 Å². The van der Waals surface area contributed by atoms with Gasteiger partial charge in [-0.15, -0.1) is 0 Å². The van der Waals surface area contributed by atoms with Crippen LogP contribution in [0.2, 0.25) is 0 Å². The zero-order valence-electron chi connectivity index (χ0n) is 12.1. The highest BCUT2D eigenvalue weighted by molar-refractivity contribution is 5.97. The van der Waals surface area contributed by atoms with E-state index in [1.165, 1.54) is 0 Å². The molecule has 0 aliphatic carbocycles. The molecule has 0 radical (unpaired) electrons. The van der Waals surface area contributed by atoms with Crippen LogP contribution in [0.25, 0.3) is 5.82 Å². The molecule has 0 bridgehead atoms. The third-order valence-corrected chi connectivity index (χ3v) is 4.10. The lowest BCUT2D eigenvalue weighted by Crippen LogP contribution is -2.29. The number of likely N-dealkylation sites (tertiary alicyclic amines) is 1. The Morgan fingerprint density at radius 1 is 1.43 bits per heavy atom. The second-order valence-electron chi connectivity index (χ2n) is 5.51. The third kappa shape index (κ3) is 2.58. The molecule has 3 heterocycles. The lowest BCUT2D eigenvalue weighted by Gasteiger charge is -2.17. The van der Waals surface area contributed by atoms with Crippen LogP contribution in [0.15, 0.2) is 30.7 Å². The largest absolute Gasteiger partial charge is 0.396 e. The minimum atomic E-state index is 0.0206. The molecule has 6 nitrogen and oxygen atoms in total. The van der Waals surface area contributed by atoms with Crippen LogP contribution in [0, 0.1) is 5.92 Å². The van der Waals surface area contributed by atoms with Crippen molar-refractivity contribution in [3.8, 4) is 5.82 Å². The van der Waals surface area contributed by atoms with Crippen molar-refractivity contribution in [2.75, 3.05) is 19.7 Å². The van der Waals surface area contributed by atoms with Crippen LogP contribution in [0.1, 0.15) is 23.2 Å². The van der Waals surface area contributed by atoms with E-state index in [4.69, 9.17) is 5.11 Å². The highest BCUT2D eigenvalue weighted by Gasteiger charge is 2.29. The molecule has 1 amide bonds. The normalized spacial score (nSPS) is 18.4. The summed E-state index contributed by atoms with van der Waals surface area (Å²) in [6.45, 7) is 1.66. The van der Waals surface area contributed by atoms with E-state index >= 15 is 0 Å². The van der Waals surface area contributed by atoms with E-state index in [2.05, 4.69) is 5.10 Å². The number of carbonyl (C=O) groups is 1. The Labute approximate surface area is 123 Å². The summed E-state index contributed by atoms with van der Waals surface area (Å²) in [5, 5.41) is 13.2. The first kappa shape index (κ1) is 13.9. The van der Waals surface area contributed by atoms with Crippen LogP contribution in [0.5, 0.6) is 0 Å². The molecule has 2 aromatic rings. The van der Waals surface area contributed by atoms with Crippen molar-refractivity contribution >= 4 is 5.91 Å². The number of aryl methyl sites for hydroxylation is 1. The maximum Gasteiger partial charge on any atom is 0.259 e. The van der Waals surface area contributed by atoms with Crippen LogP contribution in [-0.2, 0) is 7.05 Å². The fraction of sp³-hybridized carbons (Fsp3) is 0.467. The fourth-order valence-corrected chi connectivity index (χ4v) is 2.97. The van der Waals surface area contributed by atoms with E-state index in [-0.39, 0.29) is 12.5 Å². The zero-order chi connectivity index (χ0) is 14.8. The van der Waals surface area contributed by atoms with Gasteiger partial charge in [0, 0.05) is 39.1 Å². The molecule has 1 N–H and O–H groups in total. The Morgan fingerprint density at radius 3 is 2.90 bits per heavy atom. The van der Waals surface area contributed by atoms with E-state index in [1.54, 1.807) is 10.9 Å². The number of nitrogens with zero attached hydrogens (tertiary/aromatic N) is 4. The number of rotatable bonds is 4. The number of hydrogen-bond acceptors (Lipinski definition) is 3. The Kier molecular flexibility index (Phi) is 3.79. The lowest BCUT2D eigenvalue weighted by molar-refractivity contribution is 0.0784. The van der Waals surface area contributed by atoms with Gasteiger partial charge in [0.05, 0.1) is 6.20 Å². The first-order valence-electron chi connectivity index (χ1n) is 7.26. The zero-order valence-corrected chi connectivity index (χ0v) is 12.1. The number of hydrogen-bond donors (Lipinski definition) is 1. The summed E-state index contributed by atoms with van der Waals surface area (Å²) in [4.78, 5) is 14.6. The average Bonchev–Trinajstić information content (AvgIpc) is 3.17. The molecule has 2 aromatic heterocycles. The maximum atomic E-state index is 12.7. The van der Waals surface area contributed by atoms with Gasteiger partial charge in [0.15, 0.2) is 0 Å². The van der Waals surface area contributed by atoms with E-state index in [9.17, 15) is 4.79 Å². The van der Waals surface area contributed by atoms with E-state index < -0.39 is 0 Å². The molecule has 21 heavy (non-hydrogen) atoms. The number of carbonyl (C=O) groups excluding carboxylic acids is 1. The molecule has 112 valence electrons. The molecular weight excluding hydrogens is 268 g/mol. The summed E-state index contributed by atoms with van der Waals surface area (Å²) in [6, 6.07) is 3.85. The number of aromatic nitrogens is 3. The molecule has 1 fully saturated rings. The first-order chi connectivity index (χ1) is 10.2. The van der Waals surface area contributed by atoms with Crippen molar-refractivity contribution in [2.24, 2.45) is 13.0 Å². The van der Waals surface area contributed by atoms with Gasteiger partial charge in [-0.25, -0.2) is 0 Å². The summed E-state index contributed by atoms with van der Waals surface area (Å²) in [7, 11) is 1.84. The molecule has 0 saturated carbocycles. The Morgan fingerprint density at radius 2 is 2.19 bits per heavy atom. The van der Waals surface area contributed by atoms with Gasteiger partial charge >= 0.3 is 0 Å². The van der Waals surface area contributed by atoms with Crippen molar-refractivity contribution in [1.29, 1.82) is 0 Å². The summed E-state index contributed by atoms with van der Waals surface area (Å²) in [5.74, 6) is 1.22. The van der Waals surface area contributed by atoms with E-state index in [1.807, 2.05) is 41.0 Å². The Bertz CT molecular complexity index is 618. The van der Waals surface area contributed by atoms with Gasteiger partial charge in [-0.2, -0.15) is 5.10 Å². The van der Waals surface area contributed by atoms with Crippen LogP contribution in [0.4, 0.5) is 0 Å². The molecule has 6 heteroatoms. The topological polar surface area (TPSA) is 63.3 Å². The summed E-state index contributed by atoms with van der Waals surface area (Å²) in [6.07, 6.45) is 7.18. The van der Waals surface area contributed by atoms with Crippen molar-refractivity contribution in [2.45, 2.75) is 12.8 Å². The van der Waals surface area contributed by atoms with Gasteiger partial charge in [0.2, 0.25) is 0 Å². The fourth-order valence-electron chi connectivity index (χ4n) is 2.97. The van der Waals surface area contributed by atoms with Crippen molar-refractivity contribution < 1.29 is 9.90 Å². The summed E-state index contributed by atoms with van der Waals surface area (Å²) < 4.78 is 3.62. The van der Waals surface area contributed by atoms with Gasteiger partial charge < -0.3 is 14.6 Å². The standard InChI is InChI=1S/C15H20N4O2/c1-17-14(18-6-2-3-7-18)13(10-16-17)15(21)19-8-4-12(11-19)5-9-20/h2-3,6-7,10,12,20H,4-5,8-9,11H2,1H3. The minimum absolute atomic E-state index is 0.0206. The molecule has 3 rings (SSSR count). The molecular formula is C15H20N4O2. The van der Waals surface area contributed by atoms with Gasteiger partial charge in [0.1, 0.15) is 11.4 Å². The number of amides is 1. The lowest BCUT2D eigenvalue weighted by atomic mass is 10.1. The van der Waals surface area contributed by atoms with Crippen molar-refractivity contribution in [1.82, 2.24) is 19.2 Å². The van der Waals surface area contributed by atoms with Crippen LogP contribution >= 0.6 is 0 Å². The van der Waals surface area contributed by atoms with Crippen LogP contribution in [0.3, 0.4) is 0 Å². The highest BCUT2D eigenvalue weighted by Crippen LogP contribution is 2.23. The van der Waals surface area contributed by atoms with Crippen molar-refractivity contribution in [3.05, 3.63) is 36.3 Å². The second kappa shape index (κ2) is 5.73. The van der Waals surface area contributed by atoms with Crippen molar-refractivity contribution in [3.63, 3.8) is 0 Å². The predicted octanol–water partition coefficient (Wildman–Crippen LogP) is 1.06. The Hall–Kier alpha value is -2.08. The quantitative estimate of drug-likeness (QED) is 0.915. The predicted molar refractivity (Wildman–Crippen MR) is 78.2 cm³/mol. The molecule has 1 saturated heterocycles. The molecule has 1 aliphatic heterocycles. The van der Waals surface area contributed by atoms with Gasteiger partial charge in [0.25, 0.3) is 5.91 Å². The third-order valence-electron chi connectivity index (χ3n) is 4.10. The molecule has 0 spiro atoms. The average molecular weight is 288 g/mol. The summed E-state index contributed by atoms with van der Waals surface area (Å²) >= 11 is 0. The summed E-state index contributed by atoms with van der Waals surface area (Å²) in [5.41, 5.74) is 0.623. The molecule has 1 unspecified atom stereocenters. The van der Waals surface area contributed by atoms with Gasteiger partial charge in [-0.05, 0) is 30.9 Å². The van der Waals surface area contributed by atoms with E-state index in [0.29, 0.717) is 11.5 Å². The SMILES string of the molecule is Cn1ncc(C(=O)N2CCC(CCO)C2)c1-n1cccc1. The van der Waals surface area contributed by atoms with Gasteiger partial charge in [-0.1, -0.05) is 0 Å². The number of aliphatic hydroxyl groups excluding tert-OH is 1. The highest BCUT2D eigenvalue weighted by atomic mass is 16.3. The monoisotopic (exact) mass is 288 g/mol. The molecule has 1 atom stereocenters. The second-order valence-corrected chi connectivity index (χ2v) is 5.51. The van der Waals surface area contributed by atoms with E-state index in [0.717, 1.165) is 31.7 Å². The smallest absolute Gasteiger partial charge is 0.259 e. The first-order valence-corrected chi connectivity index (χ1v) is 7.26. The number of aliphatic hydroxyl groups is 1. The maximum absolute atomic E-state index is 12.7. The minimum Gasteiger partial charge on any atom is -0.396 e. The molecule has 0 aromatic carbocycles. The Balaban J connectivity index is 1.83. The van der Waals surface area contributed by atoms with Crippen LogP contribution < -0.4 is 0 Å². The van der Waals surface area contributed by atoms with Gasteiger partial charge in [-0.3, -0.25) is 9.48 Å².